The zero-order valence-electron chi connectivity index (χ0n) is 12.5. The number of anilines is 1. The summed E-state index contributed by atoms with van der Waals surface area (Å²) >= 11 is 0. The van der Waals surface area contributed by atoms with E-state index in [9.17, 15) is 9.59 Å². The summed E-state index contributed by atoms with van der Waals surface area (Å²) in [5.74, 6) is -2.06. The van der Waals surface area contributed by atoms with Crippen molar-refractivity contribution in [3.8, 4) is 0 Å². The molecule has 0 radical (unpaired) electrons. The summed E-state index contributed by atoms with van der Waals surface area (Å²) in [5.41, 5.74) is 0.621. The third-order valence-corrected chi connectivity index (χ3v) is 3.88. The van der Waals surface area contributed by atoms with Crippen LogP contribution in [0, 0.1) is 11.8 Å². The Hall–Kier alpha value is -1.89. The van der Waals surface area contributed by atoms with Gasteiger partial charge in [0, 0.05) is 12.7 Å². The molecule has 1 amide bonds. The summed E-state index contributed by atoms with van der Waals surface area (Å²) in [4.78, 5) is 24.9. The van der Waals surface area contributed by atoms with Gasteiger partial charge >= 0.3 is 5.97 Å². The molecule has 116 valence electrons. The number of aromatic nitrogens is 2. The van der Waals surface area contributed by atoms with Gasteiger partial charge in [-0.05, 0) is 19.5 Å². The van der Waals surface area contributed by atoms with Crippen LogP contribution in [0.3, 0.4) is 0 Å². The number of nitrogens with zero attached hydrogens (tertiary/aromatic N) is 3. The highest BCUT2D eigenvalue weighted by atomic mass is 16.4. The maximum atomic E-state index is 11.8. The largest absolute Gasteiger partial charge is 0.481 e. The summed E-state index contributed by atoms with van der Waals surface area (Å²) in [6.45, 7) is 7.91. The fourth-order valence-corrected chi connectivity index (χ4v) is 2.33. The third kappa shape index (κ3) is 4.04. The summed E-state index contributed by atoms with van der Waals surface area (Å²) in [6, 6.07) is 0. The highest BCUT2D eigenvalue weighted by Crippen LogP contribution is 2.39. The Bertz CT molecular complexity index is 510. The van der Waals surface area contributed by atoms with E-state index in [1.54, 1.807) is 17.1 Å². The van der Waals surface area contributed by atoms with E-state index in [1.807, 2.05) is 0 Å². The number of carboxylic acid groups (broad SMARTS) is 1. The minimum atomic E-state index is -0.898. The first-order chi connectivity index (χ1) is 10.0. The van der Waals surface area contributed by atoms with Gasteiger partial charge in [0.25, 0.3) is 0 Å². The van der Waals surface area contributed by atoms with Crippen molar-refractivity contribution in [1.82, 2.24) is 14.7 Å². The van der Waals surface area contributed by atoms with E-state index >= 15 is 0 Å². The first-order valence-electron chi connectivity index (χ1n) is 7.33. The van der Waals surface area contributed by atoms with E-state index in [2.05, 4.69) is 29.2 Å². The van der Waals surface area contributed by atoms with Crippen molar-refractivity contribution in [2.24, 2.45) is 11.8 Å². The van der Waals surface area contributed by atoms with Gasteiger partial charge in [0.15, 0.2) is 0 Å². The second-order valence-corrected chi connectivity index (χ2v) is 5.30. The van der Waals surface area contributed by atoms with Crippen molar-refractivity contribution in [3.63, 3.8) is 0 Å². The van der Waals surface area contributed by atoms with E-state index < -0.39 is 17.8 Å². The predicted molar refractivity (Wildman–Crippen MR) is 77.9 cm³/mol. The monoisotopic (exact) mass is 294 g/mol. The molecule has 2 unspecified atom stereocenters. The highest BCUT2D eigenvalue weighted by molar-refractivity contribution is 5.98. The SMILES string of the molecule is CCN(CC)CCn1cc(NC(=O)C2CC2C(=O)O)cn1. The quantitative estimate of drug-likeness (QED) is 0.743. The van der Waals surface area contributed by atoms with E-state index in [0.29, 0.717) is 12.1 Å². The zero-order chi connectivity index (χ0) is 15.4. The fraction of sp³-hybridized carbons (Fsp3) is 0.643. The number of nitrogens with one attached hydrogen (secondary N) is 1. The van der Waals surface area contributed by atoms with Crippen molar-refractivity contribution >= 4 is 17.6 Å². The minimum absolute atomic E-state index is 0.231. The number of carbonyl (C=O) groups is 2. The van der Waals surface area contributed by atoms with E-state index in [4.69, 9.17) is 5.11 Å². The smallest absolute Gasteiger partial charge is 0.307 e. The van der Waals surface area contributed by atoms with Crippen LogP contribution in [-0.2, 0) is 16.1 Å². The van der Waals surface area contributed by atoms with Crippen molar-refractivity contribution < 1.29 is 14.7 Å². The molecular weight excluding hydrogens is 272 g/mol. The molecule has 2 N–H and O–H groups in total. The average molecular weight is 294 g/mol. The zero-order valence-corrected chi connectivity index (χ0v) is 12.5. The summed E-state index contributed by atoms with van der Waals surface area (Å²) in [7, 11) is 0. The van der Waals surface area contributed by atoms with Gasteiger partial charge in [-0.2, -0.15) is 5.10 Å². The first-order valence-corrected chi connectivity index (χ1v) is 7.33. The summed E-state index contributed by atoms with van der Waals surface area (Å²) in [5, 5.41) is 15.7. The van der Waals surface area contributed by atoms with Crippen LogP contribution in [-0.4, -0.2) is 51.3 Å². The second kappa shape index (κ2) is 6.71. The highest BCUT2D eigenvalue weighted by Gasteiger charge is 2.48. The number of likely N-dealkylation sites (N-methyl/N-ethyl adjacent to an activating group) is 1. The molecule has 0 aliphatic heterocycles. The molecule has 7 nitrogen and oxygen atoms in total. The molecule has 21 heavy (non-hydrogen) atoms. The molecule has 1 fully saturated rings. The van der Waals surface area contributed by atoms with Crippen LogP contribution >= 0.6 is 0 Å². The van der Waals surface area contributed by atoms with Gasteiger partial charge < -0.3 is 15.3 Å². The van der Waals surface area contributed by atoms with Gasteiger partial charge in [0.2, 0.25) is 5.91 Å². The average Bonchev–Trinajstić information content (AvgIpc) is 3.16. The molecule has 1 aliphatic carbocycles. The number of carbonyl (C=O) groups excluding carboxylic acids is 1. The van der Waals surface area contributed by atoms with Gasteiger partial charge in [0.1, 0.15) is 0 Å². The van der Waals surface area contributed by atoms with Crippen LogP contribution < -0.4 is 5.32 Å². The van der Waals surface area contributed by atoms with Crippen LogP contribution in [0.5, 0.6) is 0 Å². The molecule has 0 saturated heterocycles. The van der Waals surface area contributed by atoms with Crippen LogP contribution in [0.4, 0.5) is 5.69 Å². The lowest BCUT2D eigenvalue weighted by Gasteiger charge is -2.17. The molecule has 1 saturated carbocycles. The van der Waals surface area contributed by atoms with Gasteiger partial charge in [0.05, 0.1) is 30.3 Å². The minimum Gasteiger partial charge on any atom is -0.481 e. The number of hydrogen-bond donors (Lipinski definition) is 2. The fourth-order valence-electron chi connectivity index (χ4n) is 2.33. The Kier molecular flexibility index (Phi) is 4.95. The van der Waals surface area contributed by atoms with E-state index in [0.717, 1.165) is 26.2 Å². The molecule has 0 aromatic carbocycles. The number of aliphatic carboxylic acids is 1. The molecule has 2 atom stereocenters. The Morgan fingerprint density at radius 3 is 2.71 bits per heavy atom. The summed E-state index contributed by atoms with van der Waals surface area (Å²) < 4.78 is 1.79. The molecule has 0 bridgehead atoms. The Morgan fingerprint density at radius 2 is 2.14 bits per heavy atom. The number of carboxylic acids is 1. The maximum absolute atomic E-state index is 11.8. The van der Waals surface area contributed by atoms with Crippen molar-refractivity contribution in [3.05, 3.63) is 12.4 Å². The molecule has 0 spiro atoms. The summed E-state index contributed by atoms with van der Waals surface area (Å²) in [6.07, 6.45) is 3.80. The van der Waals surface area contributed by atoms with Crippen molar-refractivity contribution in [1.29, 1.82) is 0 Å². The molecule has 7 heteroatoms. The van der Waals surface area contributed by atoms with Crippen LogP contribution in [0.1, 0.15) is 20.3 Å². The molecule has 1 aromatic rings. The molecule has 1 aliphatic rings. The van der Waals surface area contributed by atoms with Gasteiger partial charge in [-0.3, -0.25) is 14.3 Å². The first kappa shape index (κ1) is 15.5. The third-order valence-electron chi connectivity index (χ3n) is 3.88. The van der Waals surface area contributed by atoms with Crippen molar-refractivity contribution in [2.45, 2.75) is 26.8 Å². The molecule has 1 heterocycles. The van der Waals surface area contributed by atoms with E-state index in [-0.39, 0.29) is 5.91 Å². The second-order valence-electron chi connectivity index (χ2n) is 5.30. The number of hydrogen-bond acceptors (Lipinski definition) is 4. The normalized spacial score (nSPS) is 20.5. The molecule has 2 rings (SSSR count). The Morgan fingerprint density at radius 1 is 1.43 bits per heavy atom. The topological polar surface area (TPSA) is 87.5 Å². The predicted octanol–water partition coefficient (Wildman–Crippen LogP) is 0.884. The maximum Gasteiger partial charge on any atom is 0.307 e. The lowest BCUT2D eigenvalue weighted by Crippen LogP contribution is -2.27. The molecule has 1 aromatic heterocycles. The Balaban J connectivity index is 1.80. The lowest BCUT2D eigenvalue weighted by molar-refractivity contribution is -0.139. The standard InChI is InChI=1S/C14H22N4O3/c1-3-17(4-2)5-6-18-9-10(8-15-18)16-13(19)11-7-12(11)14(20)21/h8-9,11-12H,3-7H2,1-2H3,(H,16,19)(H,20,21). The van der Waals surface area contributed by atoms with Gasteiger partial charge in [-0.25, -0.2) is 0 Å². The van der Waals surface area contributed by atoms with Gasteiger partial charge in [-0.1, -0.05) is 13.8 Å². The van der Waals surface area contributed by atoms with Crippen LogP contribution in [0.25, 0.3) is 0 Å². The van der Waals surface area contributed by atoms with Crippen molar-refractivity contribution in [2.75, 3.05) is 25.0 Å². The number of amides is 1. The van der Waals surface area contributed by atoms with Gasteiger partial charge in [-0.15, -0.1) is 0 Å². The van der Waals surface area contributed by atoms with Crippen LogP contribution in [0.2, 0.25) is 0 Å². The molecular formula is C14H22N4O3. The lowest BCUT2D eigenvalue weighted by atomic mass is 10.3. The van der Waals surface area contributed by atoms with Crippen LogP contribution in [0.15, 0.2) is 12.4 Å². The van der Waals surface area contributed by atoms with E-state index in [1.165, 1.54) is 0 Å². The number of rotatable bonds is 8. The Labute approximate surface area is 123 Å².